The summed E-state index contributed by atoms with van der Waals surface area (Å²) < 4.78 is 0. The van der Waals surface area contributed by atoms with Gasteiger partial charge in [-0.3, -0.25) is 4.90 Å². The Balaban J connectivity index is 1.84. The third-order valence-electron chi connectivity index (χ3n) is 2.92. The molecule has 1 aliphatic heterocycles. The molecule has 0 bridgehead atoms. The number of hydroxylamine groups is 1. The van der Waals surface area contributed by atoms with Gasteiger partial charge in [-0.05, 0) is 26.2 Å². The third-order valence-corrected chi connectivity index (χ3v) is 2.92. The minimum atomic E-state index is 0.547. The zero-order valence-electron chi connectivity index (χ0n) is 7.92. The minimum absolute atomic E-state index is 0.547. The van der Waals surface area contributed by atoms with Crippen LogP contribution in [0.1, 0.15) is 26.2 Å². The van der Waals surface area contributed by atoms with Crippen molar-refractivity contribution in [2.75, 3.05) is 13.7 Å². The van der Waals surface area contributed by atoms with Crippen LogP contribution in [0.15, 0.2) is 0 Å². The number of nitrogens with zero attached hydrogens (tertiary/aromatic N) is 1. The summed E-state index contributed by atoms with van der Waals surface area (Å²) in [6, 6.07) is 2.18. The standard InChI is InChI=1S/C9H18N2O/c1-7-5-8(10-12-2)6-11(7)9-3-4-9/h7-10H,3-6H2,1-2H3. The van der Waals surface area contributed by atoms with Gasteiger partial charge in [0.15, 0.2) is 0 Å². The van der Waals surface area contributed by atoms with E-state index in [2.05, 4.69) is 17.3 Å². The quantitative estimate of drug-likeness (QED) is 0.633. The largest absolute Gasteiger partial charge is 0.305 e. The number of hydrogen-bond donors (Lipinski definition) is 1. The Labute approximate surface area is 74.0 Å². The second-order valence-electron chi connectivity index (χ2n) is 4.03. The van der Waals surface area contributed by atoms with Gasteiger partial charge in [0.05, 0.1) is 7.11 Å². The molecule has 2 atom stereocenters. The van der Waals surface area contributed by atoms with Crippen molar-refractivity contribution in [2.24, 2.45) is 0 Å². The zero-order chi connectivity index (χ0) is 8.55. The van der Waals surface area contributed by atoms with Gasteiger partial charge in [-0.15, -0.1) is 0 Å². The molecule has 1 saturated heterocycles. The maximum Gasteiger partial charge on any atom is 0.0572 e. The highest BCUT2D eigenvalue weighted by atomic mass is 16.6. The van der Waals surface area contributed by atoms with Gasteiger partial charge in [0, 0.05) is 24.7 Å². The Morgan fingerprint density at radius 1 is 1.42 bits per heavy atom. The fourth-order valence-electron chi connectivity index (χ4n) is 2.22. The first-order chi connectivity index (χ1) is 5.81. The van der Waals surface area contributed by atoms with Crippen LogP contribution in [0.25, 0.3) is 0 Å². The molecule has 0 radical (unpaired) electrons. The molecule has 2 rings (SSSR count). The summed E-state index contributed by atoms with van der Waals surface area (Å²) in [4.78, 5) is 7.55. The van der Waals surface area contributed by atoms with Crippen LogP contribution in [0, 0.1) is 0 Å². The Morgan fingerprint density at radius 2 is 2.17 bits per heavy atom. The van der Waals surface area contributed by atoms with Gasteiger partial charge in [-0.25, -0.2) is 0 Å². The van der Waals surface area contributed by atoms with Crippen molar-refractivity contribution in [1.29, 1.82) is 0 Å². The summed E-state index contributed by atoms with van der Waals surface area (Å²) in [5, 5.41) is 0. The maximum atomic E-state index is 4.95. The van der Waals surface area contributed by atoms with E-state index in [4.69, 9.17) is 4.84 Å². The zero-order valence-corrected chi connectivity index (χ0v) is 7.92. The van der Waals surface area contributed by atoms with Gasteiger partial charge in [0.1, 0.15) is 0 Å². The van der Waals surface area contributed by atoms with Gasteiger partial charge in [0.25, 0.3) is 0 Å². The molecule has 2 unspecified atom stereocenters. The highest BCUT2D eigenvalue weighted by Crippen LogP contribution is 2.33. The first kappa shape index (κ1) is 8.48. The van der Waals surface area contributed by atoms with E-state index >= 15 is 0 Å². The van der Waals surface area contributed by atoms with Crippen LogP contribution in [0.3, 0.4) is 0 Å². The van der Waals surface area contributed by atoms with Crippen molar-refractivity contribution in [2.45, 2.75) is 44.3 Å². The van der Waals surface area contributed by atoms with Crippen molar-refractivity contribution in [3.63, 3.8) is 0 Å². The summed E-state index contributed by atoms with van der Waals surface area (Å²) >= 11 is 0. The molecule has 0 aromatic carbocycles. The van der Waals surface area contributed by atoms with Crippen LogP contribution >= 0.6 is 0 Å². The minimum Gasteiger partial charge on any atom is -0.305 e. The van der Waals surface area contributed by atoms with Crippen LogP contribution in [0.4, 0.5) is 0 Å². The lowest BCUT2D eigenvalue weighted by molar-refractivity contribution is 0.0628. The Kier molecular flexibility index (Phi) is 2.35. The van der Waals surface area contributed by atoms with Crippen molar-refractivity contribution in [1.82, 2.24) is 10.4 Å². The van der Waals surface area contributed by atoms with E-state index < -0.39 is 0 Å². The van der Waals surface area contributed by atoms with E-state index in [1.165, 1.54) is 25.8 Å². The molecule has 70 valence electrons. The molecule has 0 aromatic heterocycles. The molecule has 2 fully saturated rings. The van der Waals surface area contributed by atoms with E-state index in [0.29, 0.717) is 6.04 Å². The molecule has 1 N–H and O–H groups in total. The fourth-order valence-corrected chi connectivity index (χ4v) is 2.22. The highest BCUT2D eigenvalue weighted by Gasteiger charge is 2.38. The van der Waals surface area contributed by atoms with E-state index in [1.54, 1.807) is 7.11 Å². The smallest absolute Gasteiger partial charge is 0.0572 e. The number of hydrogen-bond acceptors (Lipinski definition) is 3. The average Bonchev–Trinajstić information content (AvgIpc) is 2.79. The summed E-state index contributed by atoms with van der Waals surface area (Å²) in [6.45, 7) is 3.48. The molecule has 1 aliphatic carbocycles. The molecule has 3 nitrogen and oxygen atoms in total. The second-order valence-corrected chi connectivity index (χ2v) is 4.03. The maximum absolute atomic E-state index is 4.95. The van der Waals surface area contributed by atoms with Crippen LogP contribution in [0.5, 0.6) is 0 Å². The number of likely N-dealkylation sites (tertiary alicyclic amines) is 1. The molecular weight excluding hydrogens is 152 g/mol. The molecular formula is C9H18N2O. The van der Waals surface area contributed by atoms with Crippen LogP contribution in [0.2, 0.25) is 0 Å². The van der Waals surface area contributed by atoms with Gasteiger partial charge < -0.3 is 4.84 Å². The van der Waals surface area contributed by atoms with E-state index in [-0.39, 0.29) is 0 Å². The Hall–Kier alpha value is -0.120. The van der Waals surface area contributed by atoms with E-state index in [0.717, 1.165) is 12.1 Å². The van der Waals surface area contributed by atoms with Crippen LogP contribution < -0.4 is 5.48 Å². The number of rotatable bonds is 3. The van der Waals surface area contributed by atoms with E-state index in [1.807, 2.05) is 0 Å². The topological polar surface area (TPSA) is 24.5 Å². The summed E-state index contributed by atoms with van der Waals surface area (Å²) in [5.41, 5.74) is 3.05. The Bertz CT molecular complexity index is 159. The first-order valence-electron chi connectivity index (χ1n) is 4.85. The monoisotopic (exact) mass is 170 g/mol. The molecule has 3 heteroatoms. The second kappa shape index (κ2) is 3.32. The lowest BCUT2D eigenvalue weighted by Gasteiger charge is -2.19. The lowest BCUT2D eigenvalue weighted by atomic mass is 10.2. The predicted molar refractivity (Wildman–Crippen MR) is 47.7 cm³/mol. The SMILES string of the molecule is CONC1CC(C)N(C2CC2)C1. The van der Waals surface area contributed by atoms with Gasteiger partial charge in [-0.2, -0.15) is 5.48 Å². The summed E-state index contributed by atoms with van der Waals surface area (Å²) in [5.74, 6) is 0. The summed E-state index contributed by atoms with van der Waals surface area (Å²) in [6.07, 6.45) is 4.04. The third kappa shape index (κ3) is 1.63. The molecule has 12 heavy (non-hydrogen) atoms. The van der Waals surface area contributed by atoms with Crippen LogP contribution in [-0.4, -0.2) is 36.7 Å². The lowest BCUT2D eigenvalue weighted by Crippen LogP contribution is -2.33. The van der Waals surface area contributed by atoms with Crippen molar-refractivity contribution < 1.29 is 4.84 Å². The number of nitrogens with one attached hydrogen (secondary N) is 1. The molecule has 1 heterocycles. The van der Waals surface area contributed by atoms with Crippen molar-refractivity contribution in [3.05, 3.63) is 0 Å². The molecule has 0 aromatic rings. The fraction of sp³-hybridized carbons (Fsp3) is 1.00. The predicted octanol–water partition coefficient (Wildman–Crippen LogP) is 0.763. The van der Waals surface area contributed by atoms with Crippen LogP contribution in [-0.2, 0) is 4.84 Å². The summed E-state index contributed by atoms with van der Waals surface area (Å²) in [7, 11) is 1.70. The highest BCUT2D eigenvalue weighted by molar-refractivity contribution is 4.95. The van der Waals surface area contributed by atoms with Gasteiger partial charge >= 0.3 is 0 Å². The normalized spacial score (nSPS) is 37.5. The Morgan fingerprint density at radius 3 is 2.75 bits per heavy atom. The van der Waals surface area contributed by atoms with E-state index in [9.17, 15) is 0 Å². The first-order valence-corrected chi connectivity index (χ1v) is 4.85. The molecule has 2 aliphatic rings. The van der Waals surface area contributed by atoms with Crippen molar-refractivity contribution >= 4 is 0 Å². The van der Waals surface area contributed by atoms with Gasteiger partial charge in [0.2, 0.25) is 0 Å². The van der Waals surface area contributed by atoms with Gasteiger partial charge in [-0.1, -0.05) is 0 Å². The molecule has 0 amide bonds. The average molecular weight is 170 g/mol. The van der Waals surface area contributed by atoms with Crippen molar-refractivity contribution in [3.8, 4) is 0 Å². The molecule has 0 spiro atoms. The molecule has 1 saturated carbocycles.